The summed E-state index contributed by atoms with van der Waals surface area (Å²) in [5.74, 6) is 0.392. The van der Waals surface area contributed by atoms with E-state index in [4.69, 9.17) is 0 Å². The molecule has 0 amide bonds. The van der Waals surface area contributed by atoms with Crippen molar-refractivity contribution in [2.75, 3.05) is 0 Å². The molecule has 3 aromatic rings. The minimum atomic E-state index is 0.00415. The van der Waals surface area contributed by atoms with Crippen LogP contribution < -0.4 is 0 Å². The van der Waals surface area contributed by atoms with Crippen LogP contribution in [0.4, 0.5) is 0 Å². The highest BCUT2D eigenvalue weighted by Gasteiger charge is 2.23. The molecule has 132 valence electrons. The second-order valence-electron chi connectivity index (χ2n) is 7.25. The predicted molar refractivity (Wildman–Crippen MR) is 106 cm³/mol. The molecule has 26 heavy (non-hydrogen) atoms. The Hall–Kier alpha value is -2.61. The van der Waals surface area contributed by atoms with Gasteiger partial charge in [-0.2, -0.15) is 0 Å². The Morgan fingerprint density at radius 1 is 0.846 bits per heavy atom. The molecule has 1 atom stereocenters. The first kappa shape index (κ1) is 16.8. The average molecular weight is 343 g/mol. The Kier molecular flexibility index (Phi) is 5.01. The molecule has 0 saturated heterocycles. The van der Waals surface area contributed by atoms with Gasteiger partial charge in [0.05, 0.1) is 6.04 Å². The lowest BCUT2D eigenvalue weighted by atomic mass is 9.99. The standard InChI is InChI=1S/C24H25NO/c26-24-15-9-3-8-14-23(24)25-17-21(16-19-10-4-1-5-11-19)22(18-25)20-12-6-2-7-13-20/h1-2,4-7,10-13,17-18,23H,3,8-9,14-16H2. The fraction of sp³-hybridized carbons (Fsp3) is 0.292. The Balaban J connectivity index is 1.73. The Labute approximate surface area is 155 Å². The number of Topliss-reactive ketones (excluding diaryl/α,β-unsaturated/α-hetero) is 1. The summed E-state index contributed by atoms with van der Waals surface area (Å²) in [6, 6.07) is 21.1. The van der Waals surface area contributed by atoms with Crippen molar-refractivity contribution in [1.29, 1.82) is 0 Å². The molecule has 0 bridgehead atoms. The second-order valence-corrected chi connectivity index (χ2v) is 7.25. The zero-order valence-corrected chi connectivity index (χ0v) is 15.1. The zero-order chi connectivity index (χ0) is 17.8. The summed E-state index contributed by atoms with van der Waals surface area (Å²) < 4.78 is 2.19. The molecule has 0 N–H and O–H groups in total. The predicted octanol–water partition coefficient (Wildman–Crippen LogP) is 5.82. The van der Waals surface area contributed by atoms with Gasteiger partial charge in [0, 0.05) is 24.4 Å². The summed E-state index contributed by atoms with van der Waals surface area (Å²) >= 11 is 0. The van der Waals surface area contributed by atoms with Crippen LogP contribution in [0.1, 0.15) is 49.3 Å². The van der Waals surface area contributed by atoms with Crippen LogP contribution in [0.3, 0.4) is 0 Å². The summed E-state index contributed by atoms with van der Waals surface area (Å²) in [5.41, 5.74) is 5.05. The van der Waals surface area contributed by atoms with Gasteiger partial charge in [-0.3, -0.25) is 4.79 Å². The number of hydrogen-bond acceptors (Lipinski definition) is 1. The molecule has 1 fully saturated rings. The quantitative estimate of drug-likeness (QED) is 0.547. The minimum absolute atomic E-state index is 0.00415. The topological polar surface area (TPSA) is 22.0 Å². The van der Waals surface area contributed by atoms with Crippen LogP contribution in [-0.4, -0.2) is 10.4 Å². The molecular formula is C24H25NO. The van der Waals surface area contributed by atoms with Crippen LogP contribution in [0.2, 0.25) is 0 Å². The van der Waals surface area contributed by atoms with E-state index in [1.54, 1.807) is 0 Å². The van der Waals surface area contributed by atoms with Crippen LogP contribution in [0, 0.1) is 0 Å². The third-order valence-corrected chi connectivity index (χ3v) is 5.38. The van der Waals surface area contributed by atoms with Crippen molar-refractivity contribution in [3.63, 3.8) is 0 Å². The first-order chi connectivity index (χ1) is 12.8. The fourth-order valence-electron chi connectivity index (χ4n) is 3.99. The molecule has 1 aliphatic rings. The van der Waals surface area contributed by atoms with Gasteiger partial charge in [-0.1, -0.05) is 73.5 Å². The molecule has 1 unspecified atom stereocenters. The van der Waals surface area contributed by atoms with E-state index in [-0.39, 0.29) is 6.04 Å². The van der Waals surface area contributed by atoms with E-state index in [0.29, 0.717) is 5.78 Å². The highest BCUT2D eigenvalue weighted by Crippen LogP contribution is 2.31. The number of benzene rings is 2. The monoisotopic (exact) mass is 343 g/mol. The largest absolute Gasteiger partial charge is 0.343 e. The first-order valence-electron chi connectivity index (χ1n) is 9.64. The van der Waals surface area contributed by atoms with Crippen LogP contribution >= 0.6 is 0 Å². The van der Waals surface area contributed by atoms with E-state index >= 15 is 0 Å². The fourth-order valence-corrected chi connectivity index (χ4v) is 3.99. The number of hydrogen-bond donors (Lipinski definition) is 0. The lowest BCUT2D eigenvalue weighted by Crippen LogP contribution is -2.16. The molecule has 2 heteroatoms. The van der Waals surface area contributed by atoms with Gasteiger partial charge in [-0.05, 0) is 36.0 Å². The van der Waals surface area contributed by atoms with Crippen molar-refractivity contribution in [2.45, 2.75) is 44.6 Å². The minimum Gasteiger partial charge on any atom is -0.343 e. The average Bonchev–Trinajstić information content (AvgIpc) is 2.96. The van der Waals surface area contributed by atoms with Gasteiger partial charge in [0.25, 0.3) is 0 Å². The Morgan fingerprint density at radius 3 is 2.35 bits per heavy atom. The molecule has 0 spiro atoms. The molecule has 1 heterocycles. The van der Waals surface area contributed by atoms with Crippen molar-refractivity contribution >= 4 is 5.78 Å². The van der Waals surface area contributed by atoms with E-state index in [2.05, 4.69) is 71.6 Å². The van der Waals surface area contributed by atoms with Crippen molar-refractivity contribution in [3.05, 3.63) is 84.2 Å². The van der Waals surface area contributed by atoms with E-state index in [1.165, 1.54) is 28.7 Å². The van der Waals surface area contributed by atoms with Gasteiger partial charge in [0.2, 0.25) is 0 Å². The maximum atomic E-state index is 12.6. The number of aromatic nitrogens is 1. The van der Waals surface area contributed by atoms with E-state index in [1.807, 2.05) is 6.07 Å². The summed E-state index contributed by atoms with van der Waals surface area (Å²) in [4.78, 5) is 12.6. The van der Waals surface area contributed by atoms with Crippen molar-refractivity contribution in [3.8, 4) is 11.1 Å². The highest BCUT2D eigenvalue weighted by molar-refractivity contribution is 5.83. The molecule has 1 aliphatic carbocycles. The molecular weight excluding hydrogens is 318 g/mol. The molecule has 2 nitrogen and oxygen atoms in total. The van der Waals surface area contributed by atoms with Crippen molar-refractivity contribution in [2.24, 2.45) is 0 Å². The van der Waals surface area contributed by atoms with Crippen LogP contribution in [0.5, 0.6) is 0 Å². The summed E-state index contributed by atoms with van der Waals surface area (Å²) in [7, 11) is 0. The van der Waals surface area contributed by atoms with E-state index in [9.17, 15) is 4.79 Å². The van der Waals surface area contributed by atoms with Gasteiger partial charge >= 0.3 is 0 Å². The number of rotatable bonds is 4. The smallest absolute Gasteiger partial charge is 0.155 e. The SMILES string of the molecule is O=C1CCCCCC1n1cc(Cc2ccccc2)c(-c2ccccc2)c1. The molecule has 2 aromatic carbocycles. The molecule has 0 aliphatic heterocycles. The third kappa shape index (κ3) is 3.65. The van der Waals surface area contributed by atoms with Crippen LogP contribution in [0.15, 0.2) is 73.1 Å². The van der Waals surface area contributed by atoms with Crippen LogP contribution in [0.25, 0.3) is 11.1 Å². The molecule has 1 aromatic heterocycles. The van der Waals surface area contributed by atoms with Gasteiger partial charge in [0.15, 0.2) is 5.78 Å². The third-order valence-electron chi connectivity index (χ3n) is 5.38. The number of carbonyl (C=O) groups excluding carboxylic acids is 1. The van der Waals surface area contributed by atoms with Gasteiger partial charge in [-0.15, -0.1) is 0 Å². The molecule has 1 saturated carbocycles. The normalized spacial score (nSPS) is 17.8. The van der Waals surface area contributed by atoms with Crippen molar-refractivity contribution < 1.29 is 4.79 Å². The number of carbonyl (C=O) groups is 1. The lowest BCUT2D eigenvalue weighted by Gasteiger charge is -2.15. The maximum Gasteiger partial charge on any atom is 0.155 e. The van der Waals surface area contributed by atoms with Gasteiger partial charge in [-0.25, -0.2) is 0 Å². The van der Waals surface area contributed by atoms with Gasteiger partial charge < -0.3 is 4.57 Å². The summed E-state index contributed by atoms with van der Waals surface area (Å²) in [5, 5.41) is 0. The Morgan fingerprint density at radius 2 is 1.58 bits per heavy atom. The summed E-state index contributed by atoms with van der Waals surface area (Å²) in [6.45, 7) is 0. The Bertz CT molecular complexity index is 864. The van der Waals surface area contributed by atoms with Crippen LogP contribution in [-0.2, 0) is 11.2 Å². The summed E-state index contributed by atoms with van der Waals surface area (Å²) in [6.07, 6.45) is 10.3. The van der Waals surface area contributed by atoms with Crippen molar-refractivity contribution in [1.82, 2.24) is 4.57 Å². The second kappa shape index (κ2) is 7.74. The first-order valence-corrected chi connectivity index (χ1v) is 9.64. The lowest BCUT2D eigenvalue weighted by molar-refractivity contribution is -0.122. The number of ketones is 1. The van der Waals surface area contributed by atoms with Gasteiger partial charge in [0.1, 0.15) is 0 Å². The maximum absolute atomic E-state index is 12.6. The van der Waals surface area contributed by atoms with E-state index < -0.39 is 0 Å². The number of nitrogens with zero attached hydrogens (tertiary/aromatic N) is 1. The van der Waals surface area contributed by atoms with E-state index in [0.717, 1.165) is 32.1 Å². The molecule has 0 radical (unpaired) electrons. The zero-order valence-electron chi connectivity index (χ0n) is 15.1. The molecule has 4 rings (SSSR count). The highest BCUT2D eigenvalue weighted by atomic mass is 16.1.